The number of nitrogens with two attached hydrogens (primary N) is 1. The molecule has 94 valence electrons. The van der Waals surface area contributed by atoms with Gasteiger partial charge in [0, 0.05) is 17.3 Å². The second-order valence-corrected chi connectivity index (χ2v) is 4.17. The minimum Gasteiger partial charge on any atom is -0.325 e. The van der Waals surface area contributed by atoms with Gasteiger partial charge < -0.3 is 5.32 Å². The third-order valence-electron chi connectivity index (χ3n) is 2.44. The van der Waals surface area contributed by atoms with Gasteiger partial charge in [0.05, 0.1) is 0 Å². The fourth-order valence-corrected chi connectivity index (χ4v) is 1.52. The average molecular weight is 255 g/mol. The van der Waals surface area contributed by atoms with Crippen LogP contribution in [0.25, 0.3) is 0 Å². The van der Waals surface area contributed by atoms with Gasteiger partial charge in [0.1, 0.15) is 0 Å². The Balaban J connectivity index is 2.73. The SMILES string of the molecule is CCCCN=C(NN)Nc1cccc(Cl)c1C. The second-order valence-electron chi connectivity index (χ2n) is 3.77. The molecule has 0 aromatic heterocycles. The van der Waals surface area contributed by atoms with Gasteiger partial charge in [-0.2, -0.15) is 0 Å². The van der Waals surface area contributed by atoms with Gasteiger partial charge in [-0.25, -0.2) is 5.84 Å². The van der Waals surface area contributed by atoms with Gasteiger partial charge in [-0.05, 0) is 31.0 Å². The van der Waals surface area contributed by atoms with Crippen LogP contribution in [0.1, 0.15) is 25.3 Å². The number of rotatable bonds is 4. The highest BCUT2D eigenvalue weighted by Gasteiger charge is 2.03. The maximum absolute atomic E-state index is 6.04. The van der Waals surface area contributed by atoms with Crippen LogP contribution in [0.5, 0.6) is 0 Å². The fourth-order valence-electron chi connectivity index (χ4n) is 1.34. The molecule has 0 saturated carbocycles. The van der Waals surface area contributed by atoms with Crippen molar-refractivity contribution in [3.8, 4) is 0 Å². The zero-order chi connectivity index (χ0) is 12.7. The number of guanidine groups is 1. The summed E-state index contributed by atoms with van der Waals surface area (Å²) in [5.41, 5.74) is 4.44. The van der Waals surface area contributed by atoms with E-state index < -0.39 is 0 Å². The third kappa shape index (κ3) is 4.24. The maximum atomic E-state index is 6.04. The number of nitrogens with zero attached hydrogens (tertiary/aromatic N) is 1. The lowest BCUT2D eigenvalue weighted by Gasteiger charge is -2.12. The van der Waals surface area contributed by atoms with Crippen molar-refractivity contribution in [2.45, 2.75) is 26.7 Å². The Kier molecular flexibility index (Phi) is 5.80. The summed E-state index contributed by atoms with van der Waals surface area (Å²) < 4.78 is 0. The van der Waals surface area contributed by atoms with Gasteiger partial charge in [-0.1, -0.05) is 31.0 Å². The molecule has 0 fully saturated rings. The topological polar surface area (TPSA) is 62.4 Å². The molecule has 0 spiro atoms. The van der Waals surface area contributed by atoms with Crippen LogP contribution >= 0.6 is 11.6 Å². The molecule has 4 N–H and O–H groups in total. The summed E-state index contributed by atoms with van der Waals surface area (Å²) in [6.07, 6.45) is 2.15. The molecule has 5 heteroatoms. The highest BCUT2D eigenvalue weighted by molar-refractivity contribution is 6.31. The van der Waals surface area contributed by atoms with E-state index in [0.717, 1.165) is 35.7 Å². The summed E-state index contributed by atoms with van der Waals surface area (Å²) >= 11 is 6.04. The van der Waals surface area contributed by atoms with E-state index in [-0.39, 0.29) is 0 Å². The van der Waals surface area contributed by atoms with E-state index in [4.69, 9.17) is 17.4 Å². The molecule has 0 aliphatic carbocycles. The lowest BCUT2D eigenvalue weighted by atomic mass is 10.2. The Hall–Kier alpha value is -1.26. The predicted octanol–water partition coefficient (Wildman–Crippen LogP) is 2.68. The second kappa shape index (κ2) is 7.14. The summed E-state index contributed by atoms with van der Waals surface area (Å²) in [4.78, 5) is 4.32. The number of unbranched alkanes of at least 4 members (excludes halogenated alkanes) is 1. The quantitative estimate of drug-likeness (QED) is 0.255. The van der Waals surface area contributed by atoms with Crippen LogP contribution in [0.4, 0.5) is 5.69 Å². The van der Waals surface area contributed by atoms with E-state index in [2.05, 4.69) is 22.7 Å². The predicted molar refractivity (Wildman–Crippen MR) is 74.3 cm³/mol. The lowest BCUT2D eigenvalue weighted by Crippen LogP contribution is -2.36. The van der Waals surface area contributed by atoms with Gasteiger partial charge >= 0.3 is 0 Å². The van der Waals surface area contributed by atoms with Crippen molar-refractivity contribution < 1.29 is 0 Å². The van der Waals surface area contributed by atoms with Crippen LogP contribution in [-0.4, -0.2) is 12.5 Å². The molecule has 0 saturated heterocycles. The van der Waals surface area contributed by atoms with Gasteiger partial charge in [0.25, 0.3) is 0 Å². The number of nitrogens with one attached hydrogen (secondary N) is 2. The monoisotopic (exact) mass is 254 g/mol. The van der Waals surface area contributed by atoms with Crippen LogP contribution in [-0.2, 0) is 0 Å². The fraction of sp³-hybridized carbons (Fsp3) is 0.417. The van der Waals surface area contributed by atoms with Crippen molar-refractivity contribution in [2.75, 3.05) is 11.9 Å². The Bertz CT molecular complexity index is 390. The molecule has 0 atom stereocenters. The minimum absolute atomic E-state index is 0.559. The van der Waals surface area contributed by atoms with E-state index in [1.807, 2.05) is 25.1 Å². The first-order chi connectivity index (χ1) is 8.19. The van der Waals surface area contributed by atoms with Gasteiger partial charge in [-0.3, -0.25) is 10.4 Å². The zero-order valence-corrected chi connectivity index (χ0v) is 11.0. The van der Waals surface area contributed by atoms with Crippen molar-refractivity contribution in [2.24, 2.45) is 10.8 Å². The first kappa shape index (κ1) is 13.8. The zero-order valence-electron chi connectivity index (χ0n) is 10.3. The summed E-state index contributed by atoms with van der Waals surface area (Å²) in [6.45, 7) is 4.83. The molecule has 0 aliphatic heterocycles. The molecule has 0 radical (unpaired) electrons. The van der Waals surface area contributed by atoms with Crippen LogP contribution in [0.2, 0.25) is 5.02 Å². The van der Waals surface area contributed by atoms with Gasteiger partial charge in [-0.15, -0.1) is 0 Å². The van der Waals surface area contributed by atoms with Crippen LogP contribution in [0, 0.1) is 6.92 Å². The number of hydrogen-bond acceptors (Lipinski definition) is 2. The smallest absolute Gasteiger partial charge is 0.210 e. The van der Waals surface area contributed by atoms with Crippen molar-refractivity contribution in [1.82, 2.24) is 5.43 Å². The number of anilines is 1. The molecule has 1 rings (SSSR count). The number of aliphatic imine (C=N–C) groups is 1. The number of benzene rings is 1. The average Bonchev–Trinajstić information content (AvgIpc) is 2.33. The molecule has 0 amide bonds. The van der Waals surface area contributed by atoms with Crippen LogP contribution in [0.3, 0.4) is 0 Å². The molecule has 1 aromatic rings. The number of hydrazine groups is 1. The summed E-state index contributed by atoms with van der Waals surface area (Å²) in [5.74, 6) is 5.97. The molecule has 0 unspecified atom stereocenters. The Morgan fingerprint density at radius 2 is 2.24 bits per heavy atom. The van der Waals surface area contributed by atoms with E-state index in [9.17, 15) is 0 Å². The van der Waals surface area contributed by atoms with E-state index in [0.29, 0.717) is 5.96 Å². The molecule has 0 aliphatic rings. The van der Waals surface area contributed by atoms with Gasteiger partial charge in [0.15, 0.2) is 0 Å². The van der Waals surface area contributed by atoms with Crippen LogP contribution < -0.4 is 16.6 Å². The Morgan fingerprint density at radius 1 is 1.47 bits per heavy atom. The first-order valence-electron chi connectivity index (χ1n) is 5.72. The minimum atomic E-state index is 0.559. The summed E-state index contributed by atoms with van der Waals surface area (Å²) in [5, 5.41) is 3.85. The van der Waals surface area contributed by atoms with Crippen molar-refractivity contribution in [1.29, 1.82) is 0 Å². The molecule has 1 aromatic carbocycles. The van der Waals surface area contributed by atoms with E-state index in [1.165, 1.54) is 0 Å². The third-order valence-corrected chi connectivity index (χ3v) is 2.85. The number of halogens is 1. The summed E-state index contributed by atoms with van der Waals surface area (Å²) in [6, 6.07) is 5.68. The number of hydrogen-bond donors (Lipinski definition) is 3. The molecule has 4 nitrogen and oxygen atoms in total. The molecule has 17 heavy (non-hydrogen) atoms. The van der Waals surface area contributed by atoms with E-state index in [1.54, 1.807) is 0 Å². The van der Waals surface area contributed by atoms with Crippen LogP contribution in [0.15, 0.2) is 23.2 Å². The van der Waals surface area contributed by atoms with E-state index >= 15 is 0 Å². The first-order valence-corrected chi connectivity index (χ1v) is 6.10. The molecule has 0 bridgehead atoms. The largest absolute Gasteiger partial charge is 0.325 e. The Morgan fingerprint density at radius 3 is 2.88 bits per heavy atom. The standard InChI is InChI=1S/C12H19ClN4/c1-3-4-8-15-12(17-14)16-11-7-5-6-10(13)9(11)2/h5-7H,3-4,8,14H2,1-2H3,(H2,15,16,17). The molecular weight excluding hydrogens is 236 g/mol. The lowest BCUT2D eigenvalue weighted by molar-refractivity contribution is 0.801. The Labute approximate surface area is 107 Å². The molecular formula is C12H19ClN4. The van der Waals surface area contributed by atoms with Crippen molar-refractivity contribution >= 4 is 23.2 Å². The maximum Gasteiger partial charge on any atom is 0.210 e. The van der Waals surface area contributed by atoms with Crippen molar-refractivity contribution in [3.05, 3.63) is 28.8 Å². The molecule has 0 heterocycles. The van der Waals surface area contributed by atoms with Crippen molar-refractivity contribution in [3.63, 3.8) is 0 Å². The highest BCUT2D eigenvalue weighted by Crippen LogP contribution is 2.22. The van der Waals surface area contributed by atoms with Gasteiger partial charge in [0.2, 0.25) is 5.96 Å². The summed E-state index contributed by atoms with van der Waals surface area (Å²) in [7, 11) is 0. The normalized spacial score (nSPS) is 11.4. The highest BCUT2D eigenvalue weighted by atomic mass is 35.5.